The van der Waals surface area contributed by atoms with Crippen molar-refractivity contribution in [2.45, 2.75) is 0 Å². The molecule has 1 aliphatic rings. The Bertz CT molecular complexity index is 1550. The van der Waals surface area contributed by atoms with E-state index in [9.17, 15) is 4.79 Å². The number of H-pyrrole nitrogens is 2. The Hall–Kier alpha value is -3.98. The van der Waals surface area contributed by atoms with Crippen molar-refractivity contribution in [2.75, 3.05) is 18.5 Å². The number of aromatic amines is 2. The minimum absolute atomic E-state index is 0.260. The van der Waals surface area contributed by atoms with Gasteiger partial charge in [0.1, 0.15) is 19.0 Å². The third-order valence-corrected chi connectivity index (χ3v) is 5.96. The molecule has 2 aromatic heterocycles. The molecule has 0 aliphatic carbocycles. The normalized spacial score (nSPS) is 12.8. The SMILES string of the molecule is O=c1[nH]c(Nc2ccc3c(c2)OCCO3)c(-c2cccc(Br)c2)n1-c1ccc2nc[nH]c2c1. The molecule has 0 atom stereocenters. The predicted octanol–water partition coefficient (Wildman–Crippen LogP) is 4.99. The standard InChI is InChI=1S/C24H18BrN5O3/c25-15-3-1-2-14(10-15)22-23(28-16-4-7-20-21(11-16)33-9-8-32-20)29-24(31)30(22)17-5-6-18-19(12-17)27-13-26-18/h1-7,10-13,28H,8-9H2,(H,26,27)(H,29,31). The maximum atomic E-state index is 13.2. The van der Waals surface area contributed by atoms with E-state index in [4.69, 9.17) is 9.47 Å². The van der Waals surface area contributed by atoms with Crippen LogP contribution in [0.3, 0.4) is 0 Å². The second-order valence-electron chi connectivity index (χ2n) is 7.59. The molecule has 6 rings (SSSR count). The zero-order valence-electron chi connectivity index (χ0n) is 17.3. The number of halogens is 1. The van der Waals surface area contributed by atoms with E-state index >= 15 is 0 Å². The highest BCUT2D eigenvalue weighted by molar-refractivity contribution is 9.10. The van der Waals surface area contributed by atoms with Gasteiger partial charge in [-0.15, -0.1) is 0 Å². The molecule has 0 saturated carbocycles. The summed E-state index contributed by atoms with van der Waals surface area (Å²) in [6, 6.07) is 19.1. The third-order valence-electron chi connectivity index (χ3n) is 5.47. The fourth-order valence-corrected chi connectivity index (χ4v) is 4.41. The monoisotopic (exact) mass is 503 g/mol. The molecule has 33 heavy (non-hydrogen) atoms. The number of fused-ring (bicyclic) bond motifs is 2. The van der Waals surface area contributed by atoms with Crippen molar-refractivity contribution < 1.29 is 9.47 Å². The lowest BCUT2D eigenvalue weighted by Crippen LogP contribution is -2.15. The van der Waals surface area contributed by atoms with E-state index in [0.717, 1.165) is 32.4 Å². The van der Waals surface area contributed by atoms with Crippen LogP contribution in [-0.4, -0.2) is 32.7 Å². The van der Waals surface area contributed by atoms with Crippen molar-refractivity contribution in [1.82, 2.24) is 19.5 Å². The van der Waals surface area contributed by atoms with Gasteiger partial charge in [-0.3, -0.25) is 9.55 Å². The van der Waals surface area contributed by atoms with Gasteiger partial charge in [-0.05, 0) is 42.5 Å². The first-order chi connectivity index (χ1) is 16.2. The Balaban J connectivity index is 1.51. The Morgan fingerprint density at radius 3 is 2.76 bits per heavy atom. The molecule has 0 bridgehead atoms. The van der Waals surface area contributed by atoms with E-state index in [1.54, 1.807) is 10.9 Å². The van der Waals surface area contributed by atoms with Crippen LogP contribution in [0.1, 0.15) is 0 Å². The van der Waals surface area contributed by atoms with Gasteiger partial charge >= 0.3 is 5.69 Å². The first-order valence-electron chi connectivity index (χ1n) is 10.4. The van der Waals surface area contributed by atoms with Crippen LogP contribution < -0.4 is 20.5 Å². The summed E-state index contributed by atoms with van der Waals surface area (Å²) in [5.41, 5.74) is 4.49. The molecule has 3 aromatic carbocycles. The second kappa shape index (κ2) is 7.86. The van der Waals surface area contributed by atoms with Crippen molar-refractivity contribution in [3.05, 3.63) is 81.9 Å². The molecule has 5 aromatic rings. The summed E-state index contributed by atoms with van der Waals surface area (Å²) in [5, 5.41) is 3.36. The topological polar surface area (TPSA) is 97.0 Å². The molecule has 8 nitrogen and oxygen atoms in total. The van der Waals surface area contributed by atoms with Crippen LogP contribution >= 0.6 is 15.9 Å². The van der Waals surface area contributed by atoms with Gasteiger partial charge in [0.05, 0.1) is 28.7 Å². The molecule has 0 radical (unpaired) electrons. The van der Waals surface area contributed by atoms with Crippen LogP contribution in [0.2, 0.25) is 0 Å². The zero-order valence-corrected chi connectivity index (χ0v) is 18.8. The number of hydrogen-bond donors (Lipinski definition) is 3. The summed E-state index contributed by atoms with van der Waals surface area (Å²) < 4.78 is 13.9. The van der Waals surface area contributed by atoms with E-state index in [0.29, 0.717) is 36.2 Å². The quantitative estimate of drug-likeness (QED) is 0.321. The molecule has 0 spiro atoms. The van der Waals surface area contributed by atoms with E-state index in [-0.39, 0.29) is 5.69 Å². The van der Waals surface area contributed by atoms with Crippen molar-refractivity contribution >= 4 is 38.5 Å². The van der Waals surface area contributed by atoms with Crippen molar-refractivity contribution in [1.29, 1.82) is 0 Å². The number of benzene rings is 3. The number of hydrogen-bond acceptors (Lipinski definition) is 5. The Kier molecular flexibility index (Phi) is 4.69. The second-order valence-corrected chi connectivity index (χ2v) is 8.50. The Labute approximate surface area is 196 Å². The number of rotatable bonds is 4. The molecule has 3 heterocycles. The average Bonchev–Trinajstić information content (AvgIpc) is 3.42. The minimum atomic E-state index is -0.260. The maximum Gasteiger partial charge on any atom is 0.332 e. The summed E-state index contributed by atoms with van der Waals surface area (Å²) in [6.07, 6.45) is 1.64. The summed E-state index contributed by atoms with van der Waals surface area (Å²) >= 11 is 3.55. The lowest BCUT2D eigenvalue weighted by molar-refractivity contribution is 0.171. The van der Waals surface area contributed by atoms with Crippen LogP contribution in [-0.2, 0) is 0 Å². The number of ether oxygens (including phenoxy) is 2. The number of nitrogens with zero attached hydrogens (tertiary/aromatic N) is 2. The van der Waals surface area contributed by atoms with Gasteiger partial charge in [0.2, 0.25) is 0 Å². The first-order valence-corrected chi connectivity index (χ1v) is 11.2. The summed E-state index contributed by atoms with van der Waals surface area (Å²) in [7, 11) is 0. The molecule has 9 heteroatoms. The largest absolute Gasteiger partial charge is 0.486 e. The van der Waals surface area contributed by atoms with Crippen molar-refractivity contribution in [3.63, 3.8) is 0 Å². The van der Waals surface area contributed by atoms with E-state index in [1.807, 2.05) is 60.7 Å². The van der Waals surface area contributed by atoms with Gasteiger partial charge < -0.3 is 19.8 Å². The highest BCUT2D eigenvalue weighted by Crippen LogP contribution is 2.36. The van der Waals surface area contributed by atoms with Crippen molar-refractivity contribution in [3.8, 4) is 28.4 Å². The molecule has 0 saturated heterocycles. The van der Waals surface area contributed by atoms with Crippen LogP contribution in [0, 0.1) is 0 Å². The maximum absolute atomic E-state index is 13.2. The number of aromatic nitrogens is 4. The number of imidazole rings is 2. The van der Waals surface area contributed by atoms with Crippen LogP contribution in [0.5, 0.6) is 11.5 Å². The lowest BCUT2D eigenvalue weighted by Gasteiger charge is -2.19. The number of anilines is 2. The van der Waals surface area contributed by atoms with Gasteiger partial charge in [0.25, 0.3) is 0 Å². The smallest absolute Gasteiger partial charge is 0.332 e. The molecule has 0 unspecified atom stereocenters. The predicted molar refractivity (Wildman–Crippen MR) is 130 cm³/mol. The summed E-state index contributed by atoms with van der Waals surface area (Å²) in [4.78, 5) is 23.6. The molecular formula is C24H18BrN5O3. The summed E-state index contributed by atoms with van der Waals surface area (Å²) in [5.74, 6) is 1.94. The first kappa shape index (κ1) is 19.7. The van der Waals surface area contributed by atoms with Gasteiger partial charge in [-0.25, -0.2) is 9.78 Å². The number of nitrogens with one attached hydrogen (secondary N) is 3. The van der Waals surface area contributed by atoms with E-state index in [1.165, 1.54) is 0 Å². The zero-order chi connectivity index (χ0) is 22.4. The highest BCUT2D eigenvalue weighted by Gasteiger charge is 2.20. The molecule has 3 N–H and O–H groups in total. The van der Waals surface area contributed by atoms with E-state index in [2.05, 4.69) is 36.2 Å². The fourth-order valence-electron chi connectivity index (χ4n) is 4.01. The Morgan fingerprint density at radius 1 is 1.00 bits per heavy atom. The van der Waals surface area contributed by atoms with Crippen molar-refractivity contribution in [2.24, 2.45) is 0 Å². The van der Waals surface area contributed by atoms with Gasteiger partial charge in [-0.2, -0.15) is 0 Å². The van der Waals surface area contributed by atoms with Crippen LogP contribution in [0.4, 0.5) is 11.5 Å². The molecule has 1 aliphatic heterocycles. The fraction of sp³-hybridized carbons (Fsp3) is 0.0833. The molecular weight excluding hydrogens is 486 g/mol. The third kappa shape index (κ3) is 3.56. The molecule has 164 valence electrons. The van der Waals surface area contributed by atoms with Crippen LogP contribution in [0.25, 0.3) is 28.0 Å². The van der Waals surface area contributed by atoms with Gasteiger partial charge in [-0.1, -0.05) is 28.1 Å². The molecule has 0 amide bonds. The molecule has 0 fully saturated rings. The minimum Gasteiger partial charge on any atom is -0.486 e. The van der Waals surface area contributed by atoms with Gasteiger partial charge in [0, 0.05) is 21.8 Å². The summed E-state index contributed by atoms with van der Waals surface area (Å²) in [6.45, 7) is 1.03. The highest BCUT2D eigenvalue weighted by atomic mass is 79.9. The lowest BCUT2D eigenvalue weighted by atomic mass is 10.1. The van der Waals surface area contributed by atoms with Crippen LogP contribution in [0.15, 0.2) is 76.3 Å². The van der Waals surface area contributed by atoms with E-state index < -0.39 is 0 Å². The Morgan fingerprint density at radius 2 is 1.88 bits per heavy atom. The van der Waals surface area contributed by atoms with Gasteiger partial charge in [0.15, 0.2) is 11.5 Å². The average molecular weight is 504 g/mol.